The van der Waals surface area contributed by atoms with Gasteiger partial charge in [0, 0.05) is 28.6 Å². The number of benzene rings is 1. The summed E-state index contributed by atoms with van der Waals surface area (Å²) in [6.45, 7) is 3.02. The number of carbonyl (C=O) groups excluding carboxylic acids is 1. The van der Waals surface area contributed by atoms with Crippen molar-refractivity contribution in [2.75, 3.05) is 12.3 Å². The molecule has 0 saturated carbocycles. The van der Waals surface area contributed by atoms with Crippen LogP contribution in [0, 0.1) is 0 Å². The second-order valence-electron chi connectivity index (χ2n) is 4.82. The van der Waals surface area contributed by atoms with Gasteiger partial charge in [-0.3, -0.25) is 4.79 Å². The topological polar surface area (TPSA) is 29.1 Å². The van der Waals surface area contributed by atoms with Crippen LogP contribution in [-0.4, -0.2) is 18.2 Å². The highest BCUT2D eigenvalue weighted by Gasteiger charge is 2.01. The lowest BCUT2D eigenvalue weighted by Gasteiger charge is -2.05. The van der Waals surface area contributed by atoms with E-state index >= 15 is 0 Å². The Kier molecular flexibility index (Phi) is 9.60. The fraction of sp³-hybridized carbons (Fsp3) is 0.562. The molecule has 0 aliphatic heterocycles. The van der Waals surface area contributed by atoms with E-state index in [1.165, 1.54) is 25.7 Å². The maximum Gasteiger partial charge on any atom is 0.220 e. The van der Waals surface area contributed by atoms with Crippen molar-refractivity contribution < 1.29 is 4.79 Å². The molecule has 0 saturated heterocycles. The number of carbonyl (C=O) groups is 1. The van der Waals surface area contributed by atoms with Gasteiger partial charge in [-0.2, -0.15) is 0 Å². The first-order valence-corrected chi connectivity index (χ1v) is 8.74. The molecule has 0 bridgehead atoms. The van der Waals surface area contributed by atoms with Gasteiger partial charge < -0.3 is 5.32 Å². The second kappa shape index (κ2) is 11.0. The molecule has 4 heteroatoms. The zero-order valence-electron chi connectivity index (χ0n) is 12.2. The number of thioether (sulfide) groups is 1. The van der Waals surface area contributed by atoms with Gasteiger partial charge in [0.25, 0.3) is 0 Å². The highest BCUT2D eigenvalue weighted by atomic mass is 35.5. The van der Waals surface area contributed by atoms with Gasteiger partial charge in [-0.1, -0.05) is 44.2 Å². The lowest BCUT2D eigenvalue weighted by molar-refractivity contribution is -0.120. The van der Waals surface area contributed by atoms with E-state index in [9.17, 15) is 4.79 Å². The Bertz CT molecular complexity index is 381. The maximum atomic E-state index is 11.6. The van der Waals surface area contributed by atoms with Gasteiger partial charge in [-0.05, 0) is 30.7 Å². The lowest BCUT2D eigenvalue weighted by atomic mass is 10.1. The maximum absolute atomic E-state index is 11.6. The predicted molar refractivity (Wildman–Crippen MR) is 88.6 cm³/mol. The molecule has 1 aromatic rings. The van der Waals surface area contributed by atoms with E-state index in [1.807, 2.05) is 24.3 Å². The van der Waals surface area contributed by atoms with Gasteiger partial charge in [-0.25, -0.2) is 0 Å². The van der Waals surface area contributed by atoms with Gasteiger partial charge in [0.05, 0.1) is 0 Å². The predicted octanol–water partition coefficient (Wildman–Crippen LogP) is 4.91. The molecule has 2 nitrogen and oxygen atoms in total. The molecule has 0 atom stereocenters. The van der Waals surface area contributed by atoms with Crippen molar-refractivity contribution in [3.05, 3.63) is 29.3 Å². The first-order valence-electron chi connectivity index (χ1n) is 7.37. The van der Waals surface area contributed by atoms with Crippen LogP contribution in [0.2, 0.25) is 5.02 Å². The molecule has 0 heterocycles. The Labute approximate surface area is 131 Å². The Hall–Kier alpha value is -0.670. The molecule has 1 aromatic carbocycles. The first-order chi connectivity index (χ1) is 9.72. The van der Waals surface area contributed by atoms with E-state index in [0.717, 1.165) is 28.6 Å². The summed E-state index contributed by atoms with van der Waals surface area (Å²) >= 11 is 7.51. The average Bonchev–Trinajstić information content (AvgIpc) is 2.45. The molecule has 0 aliphatic carbocycles. The first kappa shape index (κ1) is 17.4. The largest absolute Gasteiger partial charge is 0.356 e. The molecular formula is C16H24ClNOS. The van der Waals surface area contributed by atoms with Gasteiger partial charge in [0.15, 0.2) is 0 Å². The van der Waals surface area contributed by atoms with Crippen LogP contribution >= 0.6 is 23.4 Å². The molecular weight excluding hydrogens is 290 g/mol. The average molecular weight is 314 g/mol. The van der Waals surface area contributed by atoms with Crippen LogP contribution in [0.15, 0.2) is 29.2 Å². The Morgan fingerprint density at radius 2 is 1.85 bits per heavy atom. The van der Waals surface area contributed by atoms with Crippen molar-refractivity contribution in [1.29, 1.82) is 0 Å². The summed E-state index contributed by atoms with van der Waals surface area (Å²) in [6.07, 6.45) is 6.71. The zero-order valence-corrected chi connectivity index (χ0v) is 13.7. The summed E-state index contributed by atoms with van der Waals surface area (Å²) in [7, 11) is 0. The van der Waals surface area contributed by atoms with Crippen LogP contribution in [0.1, 0.15) is 45.4 Å². The van der Waals surface area contributed by atoms with E-state index in [0.29, 0.717) is 6.42 Å². The molecule has 1 rings (SSSR count). The molecule has 0 radical (unpaired) electrons. The van der Waals surface area contributed by atoms with Crippen LogP contribution in [0.3, 0.4) is 0 Å². The third-order valence-corrected chi connectivity index (χ3v) is 4.28. The Morgan fingerprint density at radius 3 is 2.55 bits per heavy atom. The minimum atomic E-state index is 0.155. The quantitative estimate of drug-likeness (QED) is 0.491. The highest BCUT2D eigenvalue weighted by Crippen LogP contribution is 2.20. The van der Waals surface area contributed by atoms with Gasteiger partial charge in [0.1, 0.15) is 0 Å². The number of hydrogen-bond donors (Lipinski definition) is 1. The molecule has 20 heavy (non-hydrogen) atoms. The molecule has 1 N–H and O–H groups in total. The normalized spacial score (nSPS) is 10.5. The number of hydrogen-bond acceptors (Lipinski definition) is 2. The van der Waals surface area contributed by atoms with E-state index in [1.54, 1.807) is 11.8 Å². The summed E-state index contributed by atoms with van der Waals surface area (Å²) in [6, 6.07) is 7.72. The summed E-state index contributed by atoms with van der Waals surface area (Å²) in [5.41, 5.74) is 0. The number of nitrogens with one attached hydrogen (secondary N) is 1. The van der Waals surface area contributed by atoms with Gasteiger partial charge in [-0.15, -0.1) is 11.8 Å². The number of amides is 1. The molecule has 0 aromatic heterocycles. The van der Waals surface area contributed by atoms with E-state index < -0.39 is 0 Å². The summed E-state index contributed by atoms with van der Waals surface area (Å²) in [5, 5.41) is 3.73. The molecule has 0 spiro atoms. The highest BCUT2D eigenvalue weighted by molar-refractivity contribution is 7.99. The van der Waals surface area contributed by atoms with E-state index in [2.05, 4.69) is 12.2 Å². The Morgan fingerprint density at radius 1 is 1.15 bits per heavy atom. The number of rotatable bonds is 10. The molecule has 0 fully saturated rings. The Balaban J connectivity index is 2.01. The van der Waals surface area contributed by atoms with Gasteiger partial charge in [0.2, 0.25) is 5.91 Å². The van der Waals surface area contributed by atoms with E-state index in [-0.39, 0.29) is 5.91 Å². The van der Waals surface area contributed by atoms with Crippen molar-refractivity contribution in [2.24, 2.45) is 0 Å². The smallest absolute Gasteiger partial charge is 0.220 e. The third-order valence-electron chi connectivity index (χ3n) is 3.01. The fourth-order valence-corrected chi connectivity index (χ4v) is 2.81. The minimum Gasteiger partial charge on any atom is -0.356 e. The fourth-order valence-electron chi connectivity index (χ4n) is 1.84. The number of unbranched alkanes of at least 4 members (excludes halogenated alkanes) is 4. The van der Waals surface area contributed by atoms with E-state index in [4.69, 9.17) is 11.6 Å². The van der Waals surface area contributed by atoms with Crippen LogP contribution in [0.5, 0.6) is 0 Å². The van der Waals surface area contributed by atoms with Gasteiger partial charge >= 0.3 is 0 Å². The van der Waals surface area contributed by atoms with Crippen molar-refractivity contribution in [3.63, 3.8) is 0 Å². The molecule has 0 unspecified atom stereocenters. The summed E-state index contributed by atoms with van der Waals surface area (Å²) in [4.78, 5) is 12.8. The van der Waals surface area contributed by atoms with Crippen molar-refractivity contribution in [2.45, 2.75) is 50.3 Å². The standard InChI is InChI=1S/C16H24ClNOS/c1-2-3-4-5-6-12-18-16(19)11-13-20-15-9-7-14(17)8-10-15/h7-10H,2-6,11-13H2,1H3,(H,18,19). The third kappa shape index (κ3) is 8.49. The second-order valence-corrected chi connectivity index (χ2v) is 6.42. The van der Waals surface area contributed by atoms with Crippen molar-refractivity contribution >= 4 is 29.3 Å². The van der Waals surface area contributed by atoms with Crippen LogP contribution in [0.4, 0.5) is 0 Å². The van der Waals surface area contributed by atoms with Crippen LogP contribution in [0.25, 0.3) is 0 Å². The summed E-state index contributed by atoms with van der Waals surface area (Å²) < 4.78 is 0. The zero-order chi connectivity index (χ0) is 14.6. The lowest BCUT2D eigenvalue weighted by Crippen LogP contribution is -2.24. The van der Waals surface area contributed by atoms with Crippen LogP contribution in [-0.2, 0) is 4.79 Å². The van der Waals surface area contributed by atoms with Crippen molar-refractivity contribution in [1.82, 2.24) is 5.32 Å². The minimum absolute atomic E-state index is 0.155. The monoisotopic (exact) mass is 313 g/mol. The summed E-state index contributed by atoms with van der Waals surface area (Å²) in [5.74, 6) is 0.963. The number of halogens is 1. The van der Waals surface area contributed by atoms with Crippen molar-refractivity contribution in [3.8, 4) is 0 Å². The molecule has 112 valence electrons. The SMILES string of the molecule is CCCCCCCNC(=O)CCSc1ccc(Cl)cc1. The molecule has 1 amide bonds. The molecule has 0 aliphatic rings. The van der Waals surface area contributed by atoms with Crippen LogP contribution < -0.4 is 5.32 Å².